The molecule has 138 valence electrons. The molecule has 6 nitrogen and oxygen atoms in total. The number of para-hydroxylation sites is 1. The number of aromatic nitrogens is 3. The summed E-state index contributed by atoms with van der Waals surface area (Å²) in [5, 5.41) is 9.44. The van der Waals surface area contributed by atoms with Gasteiger partial charge < -0.3 is 9.80 Å². The molecule has 0 radical (unpaired) electrons. The van der Waals surface area contributed by atoms with Crippen LogP contribution < -0.4 is 9.80 Å². The molecular weight excluding hydrogens is 358 g/mol. The Bertz CT molecular complexity index is 939. The summed E-state index contributed by atoms with van der Waals surface area (Å²) in [6, 6.07) is 18.1. The molecule has 0 fully saturated rings. The first-order chi connectivity index (χ1) is 13.1. The molecule has 1 aliphatic rings. The predicted octanol–water partition coefficient (Wildman–Crippen LogP) is 3.49. The lowest BCUT2D eigenvalue weighted by Crippen LogP contribution is -2.27. The summed E-state index contributed by atoms with van der Waals surface area (Å²) in [4.78, 5) is 16.3. The van der Waals surface area contributed by atoms with Gasteiger partial charge in [-0.25, -0.2) is 0 Å². The molecule has 0 saturated heterocycles. The van der Waals surface area contributed by atoms with Crippen LogP contribution in [0.15, 0.2) is 59.8 Å². The molecule has 0 atom stereocenters. The summed E-state index contributed by atoms with van der Waals surface area (Å²) in [7, 11) is 1.80. The maximum atomic E-state index is 12.5. The minimum atomic E-state index is 0.0388. The molecule has 4 rings (SSSR count). The van der Waals surface area contributed by atoms with E-state index in [1.165, 1.54) is 17.3 Å². The molecule has 1 aliphatic heterocycles. The van der Waals surface area contributed by atoms with E-state index in [4.69, 9.17) is 0 Å². The van der Waals surface area contributed by atoms with Crippen molar-refractivity contribution in [2.75, 3.05) is 29.1 Å². The van der Waals surface area contributed by atoms with Crippen molar-refractivity contribution in [1.82, 2.24) is 14.8 Å². The summed E-state index contributed by atoms with van der Waals surface area (Å²) in [5.74, 6) is 1.20. The van der Waals surface area contributed by atoms with Gasteiger partial charge in [0.1, 0.15) is 0 Å². The highest BCUT2D eigenvalue weighted by Crippen LogP contribution is 2.32. The van der Waals surface area contributed by atoms with Gasteiger partial charge in [0.2, 0.25) is 11.9 Å². The van der Waals surface area contributed by atoms with Crippen molar-refractivity contribution in [2.45, 2.75) is 18.6 Å². The summed E-state index contributed by atoms with van der Waals surface area (Å²) in [6.45, 7) is 3.76. The molecule has 1 amide bonds. The van der Waals surface area contributed by atoms with E-state index in [0.29, 0.717) is 5.75 Å². The van der Waals surface area contributed by atoms with E-state index >= 15 is 0 Å². The Labute approximate surface area is 162 Å². The van der Waals surface area contributed by atoms with Gasteiger partial charge in [-0.15, -0.1) is 10.2 Å². The Morgan fingerprint density at radius 2 is 1.81 bits per heavy atom. The number of rotatable bonds is 5. The normalized spacial score (nSPS) is 12.9. The number of carbonyl (C=O) groups excluding carboxylic acids is 1. The number of benzene rings is 2. The number of thioether (sulfide) groups is 1. The number of hydrogen-bond donors (Lipinski definition) is 0. The van der Waals surface area contributed by atoms with Crippen molar-refractivity contribution in [1.29, 1.82) is 0 Å². The SMILES string of the molecule is Cc1ccc(N2CCn3c(SCC(=O)N(C)c4ccccc4)nnc32)cc1. The van der Waals surface area contributed by atoms with E-state index < -0.39 is 0 Å². The lowest BCUT2D eigenvalue weighted by Gasteiger charge is -2.16. The van der Waals surface area contributed by atoms with Crippen LogP contribution in [0, 0.1) is 6.92 Å². The largest absolute Gasteiger partial charge is 0.315 e. The van der Waals surface area contributed by atoms with Crippen LogP contribution in [0.1, 0.15) is 5.56 Å². The van der Waals surface area contributed by atoms with E-state index in [9.17, 15) is 4.79 Å². The third kappa shape index (κ3) is 3.55. The molecule has 2 aromatic carbocycles. The number of amides is 1. The molecule has 3 aromatic rings. The van der Waals surface area contributed by atoms with E-state index in [0.717, 1.165) is 35.6 Å². The molecule has 2 heterocycles. The quantitative estimate of drug-likeness (QED) is 0.635. The van der Waals surface area contributed by atoms with Gasteiger partial charge in [0, 0.05) is 31.5 Å². The fourth-order valence-electron chi connectivity index (χ4n) is 3.07. The molecule has 0 N–H and O–H groups in total. The molecule has 1 aromatic heterocycles. The van der Waals surface area contributed by atoms with Gasteiger partial charge in [-0.05, 0) is 31.2 Å². The van der Waals surface area contributed by atoms with Crippen molar-refractivity contribution in [2.24, 2.45) is 0 Å². The summed E-state index contributed by atoms with van der Waals surface area (Å²) < 4.78 is 2.08. The van der Waals surface area contributed by atoms with Crippen LogP contribution in [0.2, 0.25) is 0 Å². The van der Waals surface area contributed by atoms with Crippen LogP contribution in [0.5, 0.6) is 0 Å². The van der Waals surface area contributed by atoms with Crippen molar-refractivity contribution in [3.8, 4) is 0 Å². The van der Waals surface area contributed by atoms with Gasteiger partial charge >= 0.3 is 0 Å². The topological polar surface area (TPSA) is 54.3 Å². The fourth-order valence-corrected chi connectivity index (χ4v) is 3.94. The lowest BCUT2D eigenvalue weighted by molar-refractivity contribution is -0.115. The zero-order chi connectivity index (χ0) is 18.8. The van der Waals surface area contributed by atoms with Gasteiger partial charge in [-0.3, -0.25) is 9.36 Å². The number of nitrogens with zero attached hydrogens (tertiary/aromatic N) is 5. The maximum absolute atomic E-state index is 12.5. The minimum Gasteiger partial charge on any atom is -0.315 e. The number of fused-ring (bicyclic) bond motifs is 1. The third-order valence-electron chi connectivity index (χ3n) is 4.67. The Morgan fingerprint density at radius 3 is 2.56 bits per heavy atom. The van der Waals surface area contributed by atoms with Crippen LogP contribution in [0.25, 0.3) is 0 Å². The number of aryl methyl sites for hydroxylation is 1. The van der Waals surface area contributed by atoms with E-state index in [2.05, 4.69) is 50.9 Å². The highest BCUT2D eigenvalue weighted by Gasteiger charge is 2.26. The van der Waals surface area contributed by atoms with Crippen LogP contribution >= 0.6 is 11.8 Å². The number of hydrogen-bond acceptors (Lipinski definition) is 5. The average molecular weight is 379 g/mol. The Hall–Kier alpha value is -2.80. The smallest absolute Gasteiger partial charge is 0.237 e. The third-order valence-corrected chi connectivity index (χ3v) is 5.63. The maximum Gasteiger partial charge on any atom is 0.237 e. The minimum absolute atomic E-state index is 0.0388. The van der Waals surface area contributed by atoms with Crippen molar-refractivity contribution in [3.63, 3.8) is 0 Å². The van der Waals surface area contributed by atoms with Gasteiger partial charge in [0.15, 0.2) is 5.16 Å². The summed E-state index contributed by atoms with van der Waals surface area (Å²) >= 11 is 1.43. The molecule has 0 unspecified atom stereocenters. The van der Waals surface area contributed by atoms with Gasteiger partial charge in [-0.1, -0.05) is 47.7 Å². The summed E-state index contributed by atoms with van der Waals surface area (Å²) in [6.07, 6.45) is 0. The molecular formula is C20H21N5OS. The Morgan fingerprint density at radius 1 is 1.07 bits per heavy atom. The second kappa shape index (κ2) is 7.44. The standard InChI is InChI=1S/C20H21N5OS/c1-15-8-10-17(11-9-15)24-12-13-25-19(24)21-22-20(25)27-14-18(26)23(2)16-6-4-3-5-7-16/h3-11H,12-14H2,1-2H3. The van der Waals surface area contributed by atoms with Crippen LogP contribution in [-0.2, 0) is 11.3 Å². The van der Waals surface area contributed by atoms with Crippen LogP contribution in [-0.4, -0.2) is 40.0 Å². The van der Waals surface area contributed by atoms with Crippen LogP contribution in [0.4, 0.5) is 17.3 Å². The molecule has 0 saturated carbocycles. The Balaban J connectivity index is 1.44. The highest BCUT2D eigenvalue weighted by atomic mass is 32.2. The zero-order valence-corrected chi connectivity index (χ0v) is 16.2. The lowest BCUT2D eigenvalue weighted by atomic mass is 10.2. The monoisotopic (exact) mass is 379 g/mol. The van der Waals surface area contributed by atoms with Gasteiger partial charge in [0.25, 0.3) is 0 Å². The molecule has 0 aliphatic carbocycles. The summed E-state index contributed by atoms with van der Waals surface area (Å²) in [5.41, 5.74) is 3.24. The molecule has 0 spiro atoms. The number of anilines is 3. The highest BCUT2D eigenvalue weighted by molar-refractivity contribution is 7.99. The fraction of sp³-hybridized carbons (Fsp3) is 0.250. The zero-order valence-electron chi connectivity index (χ0n) is 15.4. The van der Waals surface area contributed by atoms with E-state index in [1.54, 1.807) is 11.9 Å². The first kappa shape index (κ1) is 17.6. The first-order valence-electron chi connectivity index (χ1n) is 8.85. The van der Waals surface area contributed by atoms with Gasteiger partial charge in [0.05, 0.1) is 5.75 Å². The molecule has 7 heteroatoms. The predicted molar refractivity (Wildman–Crippen MR) is 109 cm³/mol. The number of carbonyl (C=O) groups is 1. The van der Waals surface area contributed by atoms with Gasteiger partial charge in [-0.2, -0.15) is 0 Å². The second-order valence-corrected chi connectivity index (χ2v) is 7.44. The Kier molecular flexibility index (Phi) is 4.85. The van der Waals surface area contributed by atoms with E-state index in [1.807, 2.05) is 30.3 Å². The van der Waals surface area contributed by atoms with Crippen molar-refractivity contribution in [3.05, 3.63) is 60.2 Å². The second-order valence-electron chi connectivity index (χ2n) is 6.50. The average Bonchev–Trinajstić information content (AvgIpc) is 3.29. The molecule has 27 heavy (non-hydrogen) atoms. The molecule has 0 bridgehead atoms. The van der Waals surface area contributed by atoms with Crippen molar-refractivity contribution < 1.29 is 4.79 Å². The van der Waals surface area contributed by atoms with E-state index in [-0.39, 0.29) is 5.91 Å². The first-order valence-corrected chi connectivity index (χ1v) is 9.84. The van der Waals surface area contributed by atoms with Crippen LogP contribution in [0.3, 0.4) is 0 Å². The van der Waals surface area contributed by atoms with Crippen molar-refractivity contribution >= 4 is 35.0 Å².